The number of aliphatic carboxylic acids is 1. The Bertz CT molecular complexity index is 558. The number of carboxylic acids is 1. The normalized spacial score (nSPS) is 37.4. The Kier molecular flexibility index (Phi) is 2.43. The molecule has 3 aliphatic rings. The maximum Gasteiger partial charge on any atom is 0.307 e. The van der Waals surface area contributed by atoms with Gasteiger partial charge in [-0.25, -0.2) is 0 Å². The number of fused-ring (bicyclic) bond motifs is 1. The third kappa shape index (κ3) is 1.74. The van der Waals surface area contributed by atoms with Gasteiger partial charge in [0.15, 0.2) is 0 Å². The Labute approximate surface area is 117 Å². The van der Waals surface area contributed by atoms with Crippen molar-refractivity contribution >= 4 is 11.9 Å². The first-order valence-corrected chi connectivity index (χ1v) is 7.23. The van der Waals surface area contributed by atoms with Gasteiger partial charge in [-0.1, -0.05) is 30.3 Å². The quantitative estimate of drug-likeness (QED) is 0.908. The van der Waals surface area contributed by atoms with Gasteiger partial charge < -0.3 is 10.0 Å². The average Bonchev–Trinajstić information content (AvgIpc) is 3.35. The van der Waals surface area contributed by atoms with Crippen LogP contribution in [0, 0.1) is 23.7 Å². The van der Waals surface area contributed by atoms with Crippen LogP contribution in [0.3, 0.4) is 0 Å². The lowest BCUT2D eigenvalue weighted by Crippen LogP contribution is -2.34. The molecule has 104 valence electrons. The van der Waals surface area contributed by atoms with Crippen LogP contribution in [0.15, 0.2) is 30.3 Å². The first-order valence-electron chi connectivity index (χ1n) is 7.23. The fraction of sp³-hybridized carbons (Fsp3) is 0.500. The summed E-state index contributed by atoms with van der Waals surface area (Å²) in [5.74, 6) is 0.267. The predicted octanol–water partition coefficient (Wildman–Crippen LogP) is 1.58. The van der Waals surface area contributed by atoms with Crippen molar-refractivity contribution in [2.45, 2.75) is 12.3 Å². The van der Waals surface area contributed by atoms with E-state index < -0.39 is 5.97 Å². The fourth-order valence-electron chi connectivity index (χ4n) is 3.84. The second kappa shape index (κ2) is 4.08. The Balaban J connectivity index is 1.37. The number of benzene rings is 1. The highest BCUT2D eigenvalue weighted by Crippen LogP contribution is 2.54. The summed E-state index contributed by atoms with van der Waals surface area (Å²) in [6, 6.07) is 10.2. The molecule has 1 aliphatic heterocycles. The number of amides is 1. The lowest BCUT2D eigenvalue weighted by molar-refractivity contribution is -0.141. The first kappa shape index (κ1) is 11.9. The van der Waals surface area contributed by atoms with Gasteiger partial charge in [-0.15, -0.1) is 0 Å². The molecule has 2 aliphatic carbocycles. The molecule has 4 rings (SSSR count). The molecule has 1 N–H and O–H groups in total. The summed E-state index contributed by atoms with van der Waals surface area (Å²) >= 11 is 0. The zero-order chi connectivity index (χ0) is 13.9. The van der Waals surface area contributed by atoms with E-state index in [-0.39, 0.29) is 29.6 Å². The molecule has 2 saturated carbocycles. The van der Waals surface area contributed by atoms with Gasteiger partial charge in [0.2, 0.25) is 5.91 Å². The van der Waals surface area contributed by atoms with Crippen LogP contribution in [0.4, 0.5) is 0 Å². The Hall–Kier alpha value is -1.84. The molecule has 1 heterocycles. The van der Waals surface area contributed by atoms with Gasteiger partial charge in [0, 0.05) is 19.0 Å². The molecular weight excluding hydrogens is 254 g/mol. The number of carbonyl (C=O) groups is 2. The minimum absolute atomic E-state index is 0.123. The van der Waals surface area contributed by atoms with E-state index in [0.29, 0.717) is 19.0 Å². The molecule has 3 fully saturated rings. The van der Waals surface area contributed by atoms with Crippen LogP contribution in [0.1, 0.15) is 17.9 Å². The van der Waals surface area contributed by atoms with Crippen molar-refractivity contribution in [2.75, 3.05) is 13.1 Å². The van der Waals surface area contributed by atoms with E-state index >= 15 is 0 Å². The van der Waals surface area contributed by atoms with Crippen molar-refractivity contribution in [3.8, 4) is 0 Å². The molecule has 0 aromatic heterocycles. The van der Waals surface area contributed by atoms with Crippen molar-refractivity contribution in [1.29, 1.82) is 0 Å². The summed E-state index contributed by atoms with van der Waals surface area (Å²) in [7, 11) is 0. The number of carbonyl (C=O) groups excluding carboxylic acids is 1. The summed E-state index contributed by atoms with van der Waals surface area (Å²) in [5, 5.41) is 8.99. The molecule has 4 heteroatoms. The van der Waals surface area contributed by atoms with Crippen molar-refractivity contribution in [2.24, 2.45) is 23.7 Å². The van der Waals surface area contributed by atoms with Gasteiger partial charge >= 0.3 is 5.97 Å². The van der Waals surface area contributed by atoms with Crippen LogP contribution in [0.5, 0.6) is 0 Å². The van der Waals surface area contributed by atoms with Crippen LogP contribution in [0.2, 0.25) is 0 Å². The summed E-state index contributed by atoms with van der Waals surface area (Å²) in [4.78, 5) is 25.2. The molecule has 0 radical (unpaired) electrons. The van der Waals surface area contributed by atoms with Crippen LogP contribution in [0.25, 0.3) is 0 Å². The standard InChI is InChI=1S/C16H17NO3/c18-15(11-6-10(11)9-4-2-1-3-5-9)17-7-12-13(8-17)14(12)16(19)20/h1-5,10-14H,6-8H2,(H,19,20)/t10-,11+,12-,13+,14?/m0/s1. The van der Waals surface area contributed by atoms with E-state index in [9.17, 15) is 9.59 Å². The number of hydrogen-bond acceptors (Lipinski definition) is 2. The monoisotopic (exact) mass is 271 g/mol. The van der Waals surface area contributed by atoms with Crippen LogP contribution < -0.4 is 0 Å². The minimum atomic E-state index is -0.694. The van der Waals surface area contributed by atoms with E-state index in [1.54, 1.807) is 0 Å². The Morgan fingerprint density at radius 3 is 2.35 bits per heavy atom. The summed E-state index contributed by atoms with van der Waals surface area (Å²) in [5.41, 5.74) is 1.25. The molecule has 1 aromatic carbocycles. The minimum Gasteiger partial charge on any atom is -0.481 e. The van der Waals surface area contributed by atoms with Gasteiger partial charge in [-0.05, 0) is 29.7 Å². The molecule has 20 heavy (non-hydrogen) atoms. The maximum atomic E-state index is 12.4. The maximum absolute atomic E-state index is 12.4. The average molecular weight is 271 g/mol. The molecule has 1 unspecified atom stereocenters. The highest BCUT2D eigenvalue weighted by Gasteiger charge is 2.61. The highest BCUT2D eigenvalue weighted by atomic mass is 16.4. The zero-order valence-corrected chi connectivity index (χ0v) is 11.1. The Morgan fingerprint density at radius 2 is 1.75 bits per heavy atom. The number of rotatable bonds is 3. The van der Waals surface area contributed by atoms with Crippen LogP contribution in [-0.4, -0.2) is 35.0 Å². The van der Waals surface area contributed by atoms with E-state index in [2.05, 4.69) is 12.1 Å². The van der Waals surface area contributed by atoms with Gasteiger partial charge in [-0.2, -0.15) is 0 Å². The number of carboxylic acid groups (broad SMARTS) is 1. The third-order valence-electron chi connectivity index (χ3n) is 5.13. The molecule has 1 aromatic rings. The van der Waals surface area contributed by atoms with E-state index in [1.807, 2.05) is 23.1 Å². The number of piperidine rings is 1. The second-order valence-electron chi connectivity index (χ2n) is 6.29. The van der Waals surface area contributed by atoms with Gasteiger partial charge in [0.05, 0.1) is 5.92 Å². The van der Waals surface area contributed by atoms with Crippen LogP contribution >= 0.6 is 0 Å². The van der Waals surface area contributed by atoms with Gasteiger partial charge in [0.25, 0.3) is 0 Å². The Morgan fingerprint density at radius 1 is 1.10 bits per heavy atom. The number of nitrogens with zero attached hydrogens (tertiary/aromatic N) is 1. The number of likely N-dealkylation sites (tertiary alicyclic amines) is 1. The lowest BCUT2D eigenvalue weighted by atomic mass is 10.1. The van der Waals surface area contributed by atoms with Gasteiger partial charge in [0.1, 0.15) is 0 Å². The van der Waals surface area contributed by atoms with Crippen molar-refractivity contribution in [3.63, 3.8) is 0 Å². The third-order valence-corrected chi connectivity index (χ3v) is 5.13. The van der Waals surface area contributed by atoms with E-state index in [4.69, 9.17) is 5.11 Å². The van der Waals surface area contributed by atoms with Crippen molar-refractivity contribution < 1.29 is 14.7 Å². The fourth-order valence-corrected chi connectivity index (χ4v) is 3.84. The first-order chi connectivity index (χ1) is 9.66. The van der Waals surface area contributed by atoms with E-state index in [0.717, 1.165) is 6.42 Å². The molecule has 5 atom stereocenters. The van der Waals surface area contributed by atoms with Crippen LogP contribution in [-0.2, 0) is 9.59 Å². The second-order valence-corrected chi connectivity index (χ2v) is 6.29. The largest absolute Gasteiger partial charge is 0.481 e. The van der Waals surface area contributed by atoms with Gasteiger partial charge in [-0.3, -0.25) is 9.59 Å². The SMILES string of the molecule is O=C(O)C1[C@H]2CN(C(=O)[C@@H]3C[C@H]3c3ccccc3)C[C@@H]12. The van der Waals surface area contributed by atoms with E-state index in [1.165, 1.54) is 5.56 Å². The van der Waals surface area contributed by atoms with Crippen molar-refractivity contribution in [1.82, 2.24) is 4.90 Å². The molecule has 1 saturated heterocycles. The summed E-state index contributed by atoms with van der Waals surface area (Å²) in [6.45, 7) is 1.30. The summed E-state index contributed by atoms with van der Waals surface area (Å²) < 4.78 is 0. The lowest BCUT2D eigenvalue weighted by Gasteiger charge is -2.19. The highest BCUT2D eigenvalue weighted by molar-refractivity contribution is 5.84. The topological polar surface area (TPSA) is 57.6 Å². The molecule has 0 bridgehead atoms. The van der Waals surface area contributed by atoms with Crippen molar-refractivity contribution in [3.05, 3.63) is 35.9 Å². The molecular formula is C16H17NO3. The zero-order valence-electron chi connectivity index (χ0n) is 11.1. The molecule has 1 amide bonds. The number of hydrogen-bond donors (Lipinski definition) is 1. The smallest absolute Gasteiger partial charge is 0.307 e. The summed E-state index contributed by atoms with van der Waals surface area (Å²) in [6.07, 6.45) is 0.942. The molecule has 0 spiro atoms. The predicted molar refractivity (Wildman–Crippen MR) is 72.0 cm³/mol. The molecule has 4 nitrogen and oxygen atoms in total.